The molecule has 1 amide bonds. The summed E-state index contributed by atoms with van der Waals surface area (Å²) in [5.41, 5.74) is 1.18. The van der Waals surface area contributed by atoms with Gasteiger partial charge in [0.05, 0.1) is 25.5 Å². The van der Waals surface area contributed by atoms with Crippen LogP contribution in [0.2, 0.25) is 0 Å². The van der Waals surface area contributed by atoms with Crippen LogP contribution >= 0.6 is 11.3 Å². The number of hydrogen-bond donors (Lipinski definition) is 0. The van der Waals surface area contributed by atoms with Gasteiger partial charge in [-0.15, -0.1) is 0 Å². The molecule has 8 heteroatoms. The standard InChI is InChI=1S/C20H26N4O3S/c1-22-13-3-5-16(22)18-15(11-13)21-20(28-18)23(2)19(25)17-6-4-14(27-17)12-24-7-9-26-10-8-24/h4,6,13,16H,3,5,7-12H2,1-2H3/t13-,16+/m0/s1. The van der Waals surface area contributed by atoms with Gasteiger partial charge < -0.3 is 9.15 Å². The molecule has 0 unspecified atom stereocenters. The number of likely N-dealkylation sites (N-methyl/N-ethyl adjacent to an activating group) is 1. The molecule has 0 aromatic carbocycles. The zero-order valence-corrected chi connectivity index (χ0v) is 17.2. The van der Waals surface area contributed by atoms with Crippen molar-refractivity contribution in [2.75, 3.05) is 45.3 Å². The first kappa shape index (κ1) is 18.3. The molecule has 2 fully saturated rings. The second-order valence-electron chi connectivity index (χ2n) is 7.94. The molecule has 3 aliphatic rings. The molecule has 2 bridgehead atoms. The minimum absolute atomic E-state index is 0.141. The topological polar surface area (TPSA) is 62.1 Å². The van der Waals surface area contributed by atoms with Gasteiger partial charge in [-0.1, -0.05) is 11.3 Å². The van der Waals surface area contributed by atoms with Crippen LogP contribution in [0.4, 0.5) is 5.13 Å². The van der Waals surface area contributed by atoms with Crippen molar-refractivity contribution in [3.8, 4) is 0 Å². The molecule has 2 saturated heterocycles. The molecule has 5 rings (SSSR count). The minimum atomic E-state index is -0.141. The molecule has 5 heterocycles. The van der Waals surface area contributed by atoms with Crippen LogP contribution in [0.1, 0.15) is 45.8 Å². The van der Waals surface area contributed by atoms with Gasteiger partial charge in [0.1, 0.15) is 5.76 Å². The van der Waals surface area contributed by atoms with Crippen LogP contribution in [0, 0.1) is 0 Å². The Kier molecular flexibility index (Phi) is 4.74. The highest BCUT2D eigenvalue weighted by Gasteiger charge is 2.40. The highest BCUT2D eigenvalue weighted by molar-refractivity contribution is 7.16. The summed E-state index contributed by atoms with van der Waals surface area (Å²) in [5.74, 6) is 1.05. The Morgan fingerprint density at radius 1 is 1.32 bits per heavy atom. The Labute approximate surface area is 168 Å². The van der Waals surface area contributed by atoms with Crippen molar-refractivity contribution < 1.29 is 13.9 Å². The summed E-state index contributed by atoms with van der Waals surface area (Å²) in [4.78, 5) is 25.5. The molecule has 3 aliphatic heterocycles. The summed E-state index contributed by atoms with van der Waals surface area (Å²) in [7, 11) is 4.00. The molecule has 0 spiro atoms. The van der Waals surface area contributed by atoms with E-state index in [9.17, 15) is 4.79 Å². The van der Waals surface area contributed by atoms with Crippen molar-refractivity contribution in [1.29, 1.82) is 0 Å². The van der Waals surface area contributed by atoms with Gasteiger partial charge >= 0.3 is 0 Å². The largest absolute Gasteiger partial charge is 0.455 e. The lowest BCUT2D eigenvalue weighted by Crippen LogP contribution is -2.35. The van der Waals surface area contributed by atoms with E-state index < -0.39 is 0 Å². The van der Waals surface area contributed by atoms with E-state index in [1.165, 1.54) is 23.4 Å². The lowest BCUT2D eigenvalue weighted by Gasteiger charge is -2.29. The van der Waals surface area contributed by atoms with Crippen molar-refractivity contribution >= 4 is 22.4 Å². The number of morpholine rings is 1. The summed E-state index contributed by atoms with van der Waals surface area (Å²) >= 11 is 1.65. The number of fused-ring (bicyclic) bond motifs is 4. The third kappa shape index (κ3) is 3.18. The molecule has 2 aromatic heterocycles. The number of anilines is 1. The van der Waals surface area contributed by atoms with Gasteiger partial charge in [-0.05, 0) is 32.0 Å². The first-order valence-electron chi connectivity index (χ1n) is 9.98. The Hall–Kier alpha value is -1.74. The van der Waals surface area contributed by atoms with Crippen LogP contribution < -0.4 is 4.90 Å². The van der Waals surface area contributed by atoms with Gasteiger partial charge in [0.2, 0.25) is 0 Å². The monoisotopic (exact) mass is 402 g/mol. The van der Waals surface area contributed by atoms with Crippen molar-refractivity contribution in [2.24, 2.45) is 0 Å². The van der Waals surface area contributed by atoms with E-state index in [0.717, 1.165) is 43.6 Å². The molecular formula is C20H26N4O3S. The maximum Gasteiger partial charge on any atom is 0.295 e. The van der Waals surface area contributed by atoms with Crippen LogP contribution in [0.15, 0.2) is 16.5 Å². The first-order chi connectivity index (χ1) is 13.6. The number of ether oxygens (including phenoxy) is 1. The molecule has 7 nitrogen and oxygen atoms in total. The normalized spacial score (nSPS) is 25.1. The molecule has 0 saturated carbocycles. The van der Waals surface area contributed by atoms with Crippen molar-refractivity contribution in [3.63, 3.8) is 0 Å². The van der Waals surface area contributed by atoms with E-state index in [1.807, 2.05) is 6.07 Å². The highest BCUT2D eigenvalue weighted by Crippen LogP contribution is 2.46. The lowest BCUT2D eigenvalue weighted by atomic mass is 10.1. The summed E-state index contributed by atoms with van der Waals surface area (Å²) in [6.07, 6.45) is 3.43. The zero-order valence-electron chi connectivity index (χ0n) is 16.4. The molecule has 2 atom stereocenters. The van der Waals surface area contributed by atoms with Gasteiger partial charge in [-0.25, -0.2) is 4.98 Å². The van der Waals surface area contributed by atoms with Crippen molar-refractivity contribution in [3.05, 3.63) is 34.2 Å². The van der Waals surface area contributed by atoms with Crippen LogP contribution in [-0.4, -0.2) is 67.1 Å². The fourth-order valence-electron chi connectivity index (χ4n) is 4.51. The SMILES string of the molecule is CN(C(=O)c1ccc(CN2CCOCC2)o1)c1nc2c(s1)[C@H]1CC[C@@H](C2)N1C. The maximum atomic E-state index is 12.9. The molecular weight excluding hydrogens is 376 g/mol. The number of rotatable bonds is 4. The van der Waals surface area contributed by atoms with E-state index in [2.05, 4.69) is 16.8 Å². The highest BCUT2D eigenvalue weighted by atomic mass is 32.1. The van der Waals surface area contributed by atoms with Crippen LogP contribution in [0.5, 0.6) is 0 Å². The second-order valence-corrected chi connectivity index (χ2v) is 8.95. The number of carbonyl (C=O) groups is 1. The lowest BCUT2D eigenvalue weighted by molar-refractivity contribution is 0.0311. The van der Waals surface area contributed by atoms with Gasteiger partial charge in [-0.3, -0.25) is 19.5 Å². The van der Waals surface area contributed by atoms with Crippen molar-refractivity contribution in [1.82, 2.24) is 14.8 Å². The Morgan fingerprint density at radius 2 is 2.14 bits per heavy atom. The first-order valence-corrected chi connectivity index (χ1v) is 10.8. The Bertz CT molecular complexity index is 873. The summed E-state index contributed by atoms with van der Waals surface area (Å²) in [5, 5.41) is 0.766. The van der Waals surface area contributed by atoms with E-state index >= 15 is 0 Å². The van der Waals surface area contributed by atoms with E-state index in [4.69, 9.17) is 14.1 Å². The fourth-order valence-corrected chi connectivity index (χ4v) is 5.75. The quantitative estimate of drug-likeness (QED) is 0.783. The Morgan fingerprint density at radius 3 is 2.96 bits per heavy atom. The fraction of sp³-hybridized carbons (Fsp3) is 0.600. The van der Waals surface area contributed by atoms with Crippen LogP contribution in [0.3, 0.4) is 0 Å². The van der Waals surface area contributed by atoms with E-state index in [0.29, 0.717) is 24.4 Å². The van der Waals surface area contributed by atoms with Gasteiger partial charge in [0.15, 0.2) is 10.9 Å². The second kappa shape index (κ2) is 7.26. The molecule has 0 N–H and O–H groups in total. The van der Waals surface area contributed by atoms with Crippen LogP contribution in [0.25, 0.3) is 0 Å². The van der Waals surface area contributed by atoms with Gasteiger partial charge in [0.25, 0.3) is 5.91 Å². The number of amides is 1. The molecule has 0 aliphatic carbocycles. The number of nitrogens with zero attached hydrogens (tertiary/aromatic N) is 4. The van der Waals surface area contributed by atoms with Gasteiger partial charge in [-0.2, -0.15) is 0 Å². The Balaban J connectivity index is 1.30. The van der Waals surface area contributed by atoms with E-state index in [1.54, 1.807) is 29.4 Å². The van der Waals surface area contributed by atoms with Gasteiger partial charge in [0, 0.05) is 43.5 Å². The minimum Gasteiger partial charge on any atom is -0.455 e. The van der Waals surface area contributed by atoms with Crippen LogP contribution in [-0.2, 0) is 17.7 Å². The maximum absolute atomic E-state index is 12.9. The van der Waals surface area contributed by atoms with E-state index in [-0.39, 0.29) is 5.91 Å². The third-order valence-electron chi connectivity index (χ3n) is 6.24. The molecule has 28 heavy (non-hydrogen) atoms. The predicted octanol–water partition coefficient (Wildman–Crippen LogP) is 2.54. The average molecular weight is 403 g/mol. The number of thiazole rings is 1. The number of carbonyl (C=O) groups excluding carboxylic acids is 1. The molecule has 150 valence electrons. The van der Waals surface area contributed by atoms with Crippen molar-refractivity contribution in [2.45, 2.75) is 37.9 Å². The molecule has 2 aromatic rings. The molecule has 0 radical (unpaired) electrons. The number of furan rings is 1. The summed E-state index contributed by atoms with van der Waals surface area (Å²) in [6, 6.07) is 4.74. The smallest absolute Gasteiger partial charge is 0.295 e. The number of hydrogen-bond acceptors (Lipinski definition) is 7. The zero-order chi connectivity index (χ0) is 19.3. The average Bonchev–Trinajstić information content (AvgIpc) is 3.40. The summed E-state index contributed by atoms with van der Waals surface area (Å²) < 4.78 is 11.2. The predicted molar refractivity (Wildman–Crippen MR) is 107 cm³/mol. The number of aromatic nitrogens is 1. The third-order valence-corrected chi connectivity index (χ3v) is 7.51. The summed E-state index contributed by atoms with van der Waals surface area (Å²) in [6.45, 7) is 4.00.